The maximum atomic E-state index is 4.78. The second-order valence-corrected chi connectivity index (χ2v) is 6.56. The highest BCUT2D eigenvalue weighted by Crippen LogP contribution is 2.08. The van der Waals surface area contributed by atoms with Crippen LogP contribution in [0, 0.1) is 0 Å². The van der Waals surface area contributed by atoms with Gasteiger partial charge in [0.15, 0.2) is 11.6 Å². The van der Waals surface area contributed by atoms with Gasteiger partial charge in [0.2, 0.25) is 0 Å². The van der Waals surface area contributed by atoms with Gasteiger partial charge in [0, 0.05) is 39.3 Å². The Morgan fingerprint density at radius 3 is 2.59 bits per heavy atom. The zero-order chi connectivity index (χ0) is 19.1. The number of guanidine groups is 1. The Kier molecular flexibility index (Phi) is 6.41. The van der Waals surface area contributed by atoms with Crippen molar-refractivity contribution in [2.75, 3.05) is 20.1 Å². The number of rotatable bonds is 7. The van der Waals surface area contributed by atoms with Gasteiger partial charge in [-0.15, -0.1) is 10.2 Å². The monoisotopic (exact) mass is 364 g/mol. The van der Waals surface area contributed by atoms with E-state index in [9.17, 15) is 0 Å². The lowest BCUT2D eigenvalue weighted by atomic mass is 10.1. The average Bonchev–Trinajstić information content (AvgIpc) is 3.11. The lowest BCUT2D eigenvalue weighted by molar-refractivity contribution is 0.477. The van der Waals surface area contributed by atoms with Crippen LogP contribution in [0.1, 0.15) is 30.8 Å². The van der Waals surface area contributed by atoms with Gasteiger partial charge in [-0.25, -0.2) is 0 Å². The smallest absolute Gasteiger partial charge is 0.193 e. The van der Waals surface area contributed by atoms with Gasteiger partial charge in [-0.05, 0) is 36.6 Å². The van der Waals surface area contributed by atoms with E-state index in [4.69, 9.17) is 4.99 Å². The van der Waals surface area contributed by atoms with E-state index in [1.807, 2.05) is 28.8 Å². The first-order chi connectivity index (χ1) is 13.2. The molecule has 0 spiro atoms. The highest BCUT2D eigenvalue weighted by Gasteiger charge is 2.08. The fraction of sp³-hybridized carbons (Fsp3) is 0.381. The van der Waals surface area contributed by atoms with Crippen LogP contribution in [0.5, 0.6) is 0 Å². The summed E-state index contributed by atoms with van der Waals surface area (Å²) in [5.74, 6) is 1.84. The van der Waals surface area contributed by atoms with E-state index in [0.29, 0.717) is 6.54 Å². The summed E-state index contributed by atoms with van der Waals surface area (Å²) in [4.78, 5) is 6.93. The summed E-state index contributed by atoms with van der Waals surface area (Å²) < 4.78 is 2.02. The maximum absolute atomic E-state index is 4.78. The van der Waals surface area contributed by atoms with Crippen molar-refractivity contribution in [3.05, 3.63) is 65.6 Å². The lowest BCUT2D eigenvalue weighted by Gasteiger charge is -2.22. The van der Waals surface area contributed by atoms with Crippen molar-refractivity contribution in [3.8, 4) is 0 Å². The molecule has 0 radical (unpaired) electrons. The average molecular weight is 364 g/mol. The van der Waals surface area contributed by atoms with Crippen LogP contribution in [0.25, 0.3) is 5.65 Å². The number of benzene rings is 1. The lowest BCUT2D eigenvalue weighted by Crippen LogP contribution is -2.38. The quantitative estimate of drug-likeness (QED) is 0.517. The Morgan fingerprint density at radius 2 is 1.85 bits per heavy atom. The van der Waals surface area contributed by atoms with Crippen molar-refractivity contribution in [3.63, 3.8) is 0 Å². The van der Waals surface area contributed by atoms with Crippen LogP contribution in [0.2, 0.25) is 0 Å². The first kappa shape index (κ1) is 18.9. The van der Waals surface area contributed by atoms with Crippen LogP contribution in [-0.4, -0.2) is 45.6 Å². The van der Waals surface area contributed by atoms with E-state index >= 15 is 0 Å². The van der Waals surface area contributed by atoms with Crippen molar-refractivity contribution in [2.45, 2.75) is 33.2 Å². The number of nitrogens with zero attached hydrogens (tertiary/aromatic N) is 5. The molecule has 0 amide bonds. The summed E-state index contributed by atoms with van der Waals surface area (Å²) in [5.41, 5.74) is 3.52. The molecule has 0 aliphatic rings. The normalized spacial score (nSPS) is 11.7. The van der Waals surface area contributed by atoms with Gasteiger partial charge in [0.1, 0.15) is 5.82 Å². The van der Waals surface area contributed by atoms with Crippen molar-refractivity contribution in [2.24, 2.45) is 4.99 Å². The molecule has 3 rings (SSSR count). The third-order valence-electron chi connectivity index (χ3n) is 4.53. The minimum atomic E-state index is 0.664. The number of aromatic nitrogens is 3. The highest BCUT2D eigenvalue weighted by atomic mass is 15.3. The molecule has 0 saturated heterocycles. The number of nitrogens with one attached hydrogen (secondary N) is 1. The minimum absolute atomic E-state index is 0.664. The van der Waals surface area contributed by atoms with Crippen LogP contribution in [-0.2, 0) is 19.4 Å². The first-order valence-corrected chi connectivity index (χ1v) is 9.57. The summed E-state index contributed by atoms with van der Waals surface area (Å²) in [6, 6.07) is 14.7. The molecule has 142 valence electrons. The molecular weight excluding hydrogens is 336 g/mol. The highest BCUT2D eigenvalue weighted by molar-refractivity contribution is 5.79. The maximum Gasteiger partial charge on any atom is 0.193 e. The molecule has 2 heterocycles. The van der Waals surface area contributed by atoms with Crippen LogP contribution in [0.3, 0.4) is 0 Å². The Balaban J connectivity index is 1.64. The van der Waals surface area contributed by atoms with Crippen LogP contribution >= 0.6 is 0 Å². The predicted molar refractivity (Wildman–Crippen MR) is 110 cm³/mol. The first-order valence-electron chi connectivity index (χ1n) is 9.57. The topological polar surface area (TPSA) is 57.8 Å². The molecule has 3 aromatic rings. The minimum Gasteiger partial charge on any atom is -0.357 e. The molecule has 6 nitrogen and oxygen atoms in total. The van der Waals surface area contributed by atoms with E-state index in [1.165, 1.54) is 11.1 Å². The molecule has 6 heteroatoms. The third-order valence-corrected chi connectivity index (χ3v) is 4.53. The summed E-state index contributed by atoms with van der Waals surface area (Å²) in [7, 11) is 2.07. The standard InChI is InChI=1S/C21H28N6/c1-4-17-9-11-18(12-10-17)16-26(3)21(22-5-2)23-14-13-20-25-24-19-8-6-7-15-27(19)20/h6-12,15H,4-5,13-14,16H2,1-3H3,(H,22,23). The van der Waals surface area contributed by atoms with Crippen molar-refractivity contribution in [1.29, 1.82) is 0 Å². The molecule has 0 aliphatic carbocycles. The van der Waals surface area contributed by atoms with Crippen molar-refractivity contribution >= 4 is 11.6 Å². The van der Waals surface area contributed by atoms with Gasteiger partial charge in [0.25, 0.3) is 0 Å². The fourth-order valence-corrected chi connectivity index (χ4v) is 3.02. The number of pyridine rings is 1. The molecule has 0 saturated carbocycles. The van der Waals surface area contributed by atoms with Gasteiger partial charge < -0.3 is 10.2 Å². The molecule has 1 N–H and O–H groups in total. The molecular formula is C21H28N6. The second-order valence-electron chi connectivity index (χ2n) is 6.56. The Bertz CT molecular complexity index is 881. The number of aliphatic imine (C=N–C) groups is 1. The van der Waals surface area contributed by atoms with Crippen molar-refractivity contribution in [1.82, 2.24) is 24.8 Å². The zero-order valence-corrected chi connectivity index (χ0v) is 16.4. The molecule has 2 aromatic heterocycles. The predicted octanol–water partition coefficient (Wildman–Crippen LogP) is 2.93. The Morgan fingerprint density at radius 1 is 1.07 bits per heavy atom. The van der Waals surface area contributed by atoms with E-state index < -0.39 is 0 Å². The van der Waals surface area contributed by atoms with E-state index in [-0.39, 0.29) is 0 Å². The fourth-order valence-electron chi connectivity index (χ4n) is 3.02. The summed E-state index contributed by atoms with van der Waals surface area (Å²) >= 11 is 0. The molecule has 0 aliphatic heterocycles. The van der Waals surface area contributed by atoms with Crippen molar-refractivity contribution < 1.29 is 0 Å². The molecule has 0 fully saturated rings. The zero-order valence-electron chi connectivity index (χ0n) is 16.4. The number of fused-ring (bicyclic) bond motifs is 1. The second kappa shape index (κ2) is 9.16. The van der Waals surface area contributed by atoms with Crippen LogP contribution in [0.15, 0.2) is 53.7 Å². The van der Waals surface area contributed by atoms with E-state index in [0.717, 1.165) is 43.4 Å². The Hall–Kier alpha value is -2.89. The van der Waals surface area contributed by atoms with Gasteiger partial charge in [-0.1, -0.05) is 37.3 Å². The van der Waals surface area contributed by atoms with Gasteiger partial charge in [-0.2, -0.15) is 0 Å². The van der Waals surface area contributed by atoms with Crippen LogP contribution < -0.4 is 5.32 Å². The summed E-state index contributed by atoms with van der Waals surface area (Å²) in [6.45, 7) is 6.59. The Labute approximate surface area is 161 Å². The number of aryl methyl sites for hydroxylation is 1. The number of hydrogen-bond acceptors (Lipinski definition) is 3. The van der Waals surface area contributed by atoms with Crippen LogP contribution in [0.4, 0.5) is 0 Å². The van der Waals surface area contributed by atoms with Gasteiger partial charge in [0.05, 0.1) is 0 Å². The third kappa shape index (κ3) is 4.84. The van der Waals surface area contributed by atoms with Gasteiger partial charge >= 0.3 is 0 Å². The summed E-state index contributed by atoms with van der Waals surface area (Å²) in [6.07, 6.45) is 3.81. The summed E-state index contributed by atoms with van der Waals surface area (Å²) in [5, 5.41) is 11.8. The largest absolute Gasteiger partial charge is 0.357 e. The molecule has 1 aromatic carbocycles. The molecule has 0 unspecified atom stereocenters. The molecule has 0 bridgehead atoms. The van der Waals surface area contributed by atoms with Gasteiger partial charge in [-0.3, -0.25) is 9.39 Å². The molecule has 27 heavy (non-hydrogen) atoms. The van der Waals surface area contributed by atoms with E-state index in [1.54, 1.807) is 0 Å². The number of hydrogen-bond donors (Lipinski definition) is 1. The van der Waals surface area contributed by atoms with E-state index in [2.05, 4.69) is 65.6 Å². The molecule has 0 atom stereocenters. The SMILES string of the molecule is CCNC(=NCCc1nnc2ccccn12)N(C)Cc1ccc(CC)cc1.